The lowest BCUT2D eigenvalue weighted by atomic mass is 10.1. The number of methoxy groups -OCH3 is 1. The van der Waals surface area contributed by atoms with Crippen LogP contribution in [0.1, 0.15) is 19.4 Å². The van der Waals surface area contributed by atoms with Crippen LogP contribution in [0.3, 0.4) is 0 Å². The summed E-state index contributed by atoms with van der Waals surface area (Å²) in [5.74, 6) is -2.64. The van der Waals surface area contributed by atoms with E-state index in [1.165, 1.54) is 27.0 Å². The summed E-state index contributed by atoms with van der Waals surface area (Å²) in [6, 6.07) is 11.6. The number of rotatable bonds is 7. The third-order valence-corrected chi connectivity index (χ3v) is 4.78. The van der Waals surface area contributed by atoms with Crippen LogP contribution in [-0.2, 0) is 25.2 Å². The molecule has 180 valence electrons. The fourth-order valence-electron chi connectivity index (χ4n) is 3.05. The Morgan fingerprint density at radius 3 is 2.03 bits per heavy atom. The average Bonchev–Trinajstić information content (AvgIpc) is 2.79. The molecule has 3 aromatic rings. The molecule has 0 saturated carbocycles. The van der Waals surface area contributed by atoms with Crippen molar-refractivity contribution in [1.29, 1.82) is 0 Å². The van der Waals surface area contributed by atoms with Crippen LogP contribution in [0.5, 0.6) is 17.2 Å². The van der Waals surface area contributed by atoms with Crippen molar-refractivity contribution in [2.45, 2.75) is 32.2 Å². The second kappa shape index (κ2) is 9.98. The van der Waals surface area contributed by atoms with Crippen molar-refractivity contribution < 1.29 is 46.1 Å². The van der Waals surface area contributed by atoms with Gasteiger partial charge in [0.2, 0.25) is 0 Å². The van der Waals surface area contributed by atoms with Gasteiger partial charge in [-0.2, -0.15) is 13.2 Å². The number of hydrogen-bond donors (Lipinski definition) is 0. The summed E-state index contributed by atoms with van der Waals surface area (Å²) in [4.78, 5) is 23.7. The Kier molecular flexibility index (Phi) is 7.29. The summed E-state index contributed by atoms with van der Waals surface area (Å²) in [6.07, 6.45) is -6.89. The smallest absolute Gasteiger partial charge is 0.416 e. The normalized spacial score (nSPS) is 13.1. The van der Waals surface area contributed by atoms with Crippen LogP contribution in [0.2, 0.25) is 0 Å². The van der Waals surface area contributed by atoms with Gasteiger partial charge in [-0.05, 0) is 44.2 Å². The summed E-state index contributed by atoms with van der Waals surface area (Å²) in [5.41, 5.74) is -1.13. The monoisotopic (exact) mass is 480 g/mol. The lowest BCUT2D eigenvalue weighted by Crippen LogP contribution is -2.33. The lowest BCUT2D eigenvalue weighted by molar-refractivity contribution is -0.168. The number of esters is 2. The summed E-state index contributed by atoms with van der Waals surface area (Å²) >= 11 is 0. The van der Waals surface area contributed by atoms with E-state index < -0.39 is 41.7 Å². The maximum Gasteiger partial charge on any atom is 0.416 e. The van der Waals surface area contributed by atoms with Crippen LogP contribution in [0, 0.1) is 5.82 Å². The van der Waals surface area contributed by atoms with Crippen molar-refractivity contribution in [3.8, 4) is 17.2 Å². The van der Waals surface area contributed by atoms with E-state index in [0.29, 0.717) is 16.8 Å². The molecule has 0 aliphatic carbocycles. The maximum atomic E-state index is 14.3. The minimum atomic E-state index is -4.68. The largest absolute Gasteiger partial charge is 0.478 e. The van der Waals surface area contributed by atoms with Crippen molar-refractivity contribution in [3.05, 3.63) is 66.0 Å². The summed E-state index contributed by atoms with van der Waals surface area (Å²) in [6.45, 7) is 2.79. The van der Waals surface area contributed by atoms with E-state index in [-0.39, 0.29) is 17.2 Å². The third-order valence-electron chi connectivity index (χ3n) is 4.78. The molecule has 3 aromatic carbocycles. The van der Waals surface area contributed by atoms with E-state index in [9.17, 15) is 27.2 Å². The van der Waals surface area contributed by atoms with E-state index >= 15 is 0 Å². The molecule has 2 atom stereocenters. The van der Waals surface area contributed by atoms with Crippen molar-refractivity contribution >= 4 is 22.7 Å². The fourth-order valence-corrected chi connectivity index (χ4v) is 3.05. The molecule has 6 nitrogen and oxygen atoms in total. The molecule has 0 aliphatic rings. The molecule has 0 spiro atoms. The molecule has 0 saturated heterocycles. The van der Waals surface area contributed by atoms with Crippen LogP contribution in [0.25, 0.3) is 10.8 Å². The highest BCUT2D eigenvalue weighted by molar-refractivity contribution is 5.93. The van der Waals surface area contributed by atoms with Gasteiger partial charge in [-0.15, -0.1) is 0 Å². The molecule has 0 bridgehead atoms. The Labute approximate surface area is 192 Å². The molecular weight excluding hydrogens is 460 g/mol. The molecule has 0 aliphatic heterocycles. The van der Waals surface area contributed by atoms with Gasteiger partial charge in [0.05, 0.1) is 12.7 Å². The van der Waals surface area contributed by atoms with Gasteiger partial charge in [0.15, 0.2) is 23.8 Å². The lowest BCUT2D eigenvalue weighted by Gasteiger charge is -2.18. The summed E-state index contributed by atoms with van der Waals surface area (Å²) in [5, 5.41) is 0.954. The highest BCUT2D eigenvalue weighted by Crippen LogP contribution is 2.37. The first-order chi connectivity index (χ1) is 16.0. The van der Waals surface area contributed by atoms with E-state index in [0.717, 1.165) is 12.1 Å². The van der Waals surface area contributed by atoms with E-state index in [4.69, 9.17) is 14.2 Å². The molecule has 0 aromatic heterocycles. The topological polar surface area (TPSA) is 71.1 Å². The van der Waals surface area contributed by atoms with Crippen molar-refractivity contribution in [2.75, 3.05) is 7.11 Å². The summed E-state index contributed by atoms with van der Waals surface area (Å²) < 4.78 is 73.4. The number of fused-ring (bicyclic) bond motifs is 1. The maximum absolute atomic E-state index is 14.3. The first-order valence-electron chi connectivity index (χ1n) is 10.0. The zero-order valence-corrected chi connectivity index (χ0v) is 18.3. The number of ether oxygens (including phenoxy) is 4. The minimum absolute atomic E-state index is 0.163. The third kappa shape index (κ3) is 5.56. The van der Waals surface area contributed by atoms with Gasteiger partial charge in [-0.1, -0.05) is 24.3 Å². The Morgan fingerprint density at radius 1 is 0.824 bits per heavy atom. The average molecular weight is 480 g/mol. The van der Waals surface area contributed by atoms with Gasteiger partial charge in [-0.3, -0.25) is 0 Å². The number of hydrogen-bond acceptors (Lipinski definition) is 6. The number of benzene rings is 3. The van der Waals surface area contributed by atoms with Gasteiger partial charge in [0.25, 0.3) is 0 Å². The second-order valence-electron chi connectivity index (χ2n) is 7.21. The first-order valence-corrected chi connectivity index (χ1v) is 10.0. The Morgan fingerprint density at radius 2 is 1.44 bits per heavy atom. The van der Waals surface area contributed by atoms with E-state index in [1.807, 2.05) is 0 Å². The quantitative estimate of drug-likeness (QED) is 0.321. The molecule has 0 radical (unpaired) electrons. The molecule has 0 amide bonds. The number of carbonyl (C=O) groups is 2. The zero-order valence-electron chi connectivity index (χ0n) is 18.3. The Bertz CT molecular complexity index is 1210. The number of carbonyl (C=O) groups excluding carboxylic acids is 2. The van der Waals surface area contributed by atoms with Crippen LogP contribution in [0.15, 0.2) is 54.6 Å². The van der Waals surface area contributed by atoms with Gasteiger partial charge < -0.3 is 18.9 Å². The number of alkyl halides is 3. The van der Waals surface area contributed by atoms with Crippen molar-refractivity contribution in [2.24, 2.45) is 0 Å². The van der Waals surface area contributed by atoms with Gasteiger partial charge in [-0.25, -0.2) is 14.0 Å². The van der Waals surface area contributed by atoms with Crippen molar-refractivity contribution in [3.63, 3.8) is 0 Å². The molecule has 3 rings (SSSR count). The zero-order chi connectivity index (χ0) is 25.0. The SMILES string of the molecule is COC(=O)C(C)OC(=O)[C@@H](C)Oc1cccc2c(Oc3ccc(C(F)(F)F)cc3F)cccc12. The predicted molar refractivity (Wildman–Crippen MR) is 113 cm³/mol. The van der Waals surface area contributed by atoms with Gasteiger partial charge >= 0.3 is 18.1 Å². The van der Waals surface area contributed by atoms with Gasteiger partial charge in [0, 0.05) is 10.8 Å². The summed E-state index contributed by atoms with van der Waals surface area (Å²) in [7, 11) is 1.17. The first kappa shape index (κ1) is 24.8. The molecule has 1 unspecified atom stereocenters. The Hall–Kier alpha value is -3.82. The van der Waals surface area contributed by atoms with Crippen LogP contribution in [-0.4, -0.2) is 31.3 Å². The molecular formula is C24H20F4O6. The van der Waals surface area contributed by atoms with Crippen LogP contribution in [0.4, 0.5) is 17.6 Å². The standard InChI is InChI=1S/C24H20F4O6/c1-13(22(29)31-3)33-23(30)14(2)32-19-8-4-7-17-16(19)6-5-9-20(17)34-21-11-10-15(12-18(21)25)24(26,27)28/h4-14H,1-3H3/t13?,14-/m1/s1. The molecule has 0 heterocycles. The second-order valence-corrected chi connectivity index (χ2v) is 7.21. The van der Waals surface area contributed by atoms with Crippen molar-refractivity contribution in [1.82, 2.24) is 0 Å². The van der Waals surface area contributed by atoms with Crippen LogP contribution >= 0.6 is 0 Å². The van der Waals surface area contributed by atoms with Crippen LogP contribution < -0.4 is 9.47 Å². The van der Waals surface area contributed by atoms with E-state index in [2.05, 4.69) is 4.74 Å². The predicted octanol–water partition coefficient (Wildman–Crippen LogP) is 5.66. The molecule has 0 fully saturated rings. The number of halogens is 4. The molecule has 10 heteroatoms. The minimum Gasteiger partial charge on any atom is -0.478 e. The molecule has 0 N–H and O–H groups in total. The highest BCUT2D eigenvalue weighted by Gasteiger charge is 2.31. The Balaban J connectivity index is 1.84. The fraction of sp³-hybridized carbons (Fsp3) is 0.250. The molecule has 34 heavy (non-hydrogen) atoms. The van der Waals surface area contributed by atoms with E-state index in [1.54, 1.807) is 30.3 Å². The van der Waals surface area contributed by atoms with Gasteiger partial charge in [0.1, 0.15) is 11.5 Å². The highest BCUT2D eigenvalue weighted by atomic mass is 19.4.